The van der Waals surface area contributed by atoms with Gasteiger partial charge in [0.2, 0.25) is 5.91 Å². The number of nitrogens with zero attached hydrogens (tertiary/aromatic N) is 2. The van der Waals surface area contributed by atoms with Crippen LogP contribution in [0.1, 0.15) is 11.4 Å². The molecule has 8 nitrogen and oxygen atoms in total. The van der Waals surface area contributed by atoms with Gasteiger partial charge in [0.1, 0.15) is 12.1 Å². The molecule has 0 bridgehead atoms. The number of carbonyl (C=O) groups excluding carboxylic acids is 2. The van der Waals surface area contributed by atoms with Crippen LogP contribution in [0.2, 0.25) is 0 Å². The Bertz CT molecular complexity index is 587. The summed E-state index contributed by atoms with van der Waals surface area (Å²) in [5, 5.41) is 11.6. The third kappa shape index (κ3) is 2.13. The molecule has 1 aromatic heterocycles. The van der Waals surface area contributed by atoms with Crippen LogP contribution in [0.15, 0.2) is 6.33 Å². The number of carbonyl (C=O) groups is 3. The quantitative estimate of drug-likeness (QED) is 0.682. The number of aliphatic carboxylic acids is 1. The van der Waals surface area contributed by atoms with E-state index >= 15 is 0 Å². The molecule has 0 spiro atoms. The SMILES string of the molecule is O=C1NC(C(=O)N2Cc3[nH]cnc3CC2C(=O)O)CS1. The molecule has 2 unspecified atom stereocenters. The van der Waals surface area contributed by atoms with Gasteiger partial charge in [0.15, 0.2) is 0 Å². The van der Waals surface area contributed by atoms with Gasteiger partial charge < -0.3 is 20.3 Å². The zero-order chi connectivity index (χ0) is 14.3. The summed E-state index contributed by atoms with van der Waals surface area (Å²) >= 11 is 1.03. The van der Waals surface area contributed by atoms with Gasteiger partial charge in [-0.15, -0.1) is 0 Å². The van der Waals surface area contributed by atoms with Gasteiger partial charge in [-0.2, -0.15) is 0 Å². The first-order chi connectivity index (χ1) is 9.56. The number of amides is 2. The number of rotatable bonds is 2. The van der Waals surface area contributed by atoms with E-state index in [1.165, 1.54) is 11.2 Å². The number of fused-ring (bicyclic) bond motifs is 1. The van der Waals surface area contributed by atoms with Gasteiger partial charge in [-0.3, -0.25) is 9.59 Å². The van der Waals surface area contributed by atoms with Crippen molar-refractivity contribution in [1.29, 1.82) is 0 Å². The van der Waals surface area contributed by atoms with Gasteiger partial charge in [-0.05, 0) is 0 Å². The molecule has 0 saturated carbocycles. The van der Waals surface area contributed by atoms with Gasteiger partial charge in [0, 0.05) is 12.2 Å². The van der Waals surface area contributed by atoms with Crippen LogP contribution in [0.4, 0.5) is 4.79 Å². The lowest BCUT2D eigenvalue weighted by atomic mass is 10.0. The summed E-state index contributed by atoms with van der Waals surface area (Å²) in [6, 6.07) is -1.60. The standard InChI is InChI=1S/C11H12N4O4S/c16-9(7-3-20-11(19)14-7)15-2-6-5(12-4-13-6)1-8(15)10(17)18/h4,7-8H,1-3H2,(H,12,13)(H,14,19)(H,17,18). The lowest BCUT2D eigenvalue weighted by molar-refractivity contribution is -0.152. The lowest BCUT2D eigenvalue weighted by Crippen LogP contribution is -2.54. The van der Waals surface area contributed by atoms with Crippen molar-refractivity contribution in [2.45, 2.75) is 25.0 Å². The number of carboxylic acids is 1. The summed E-state index contributed by atoms with van der Waals surface area (Å²) in [7, 11) is 0. The molecule has 1 aromatic rings. The van der Waals surface area contributed by atoms with Crippen molar-refractivity contribution in [1.82, 2.24) is 20.2 Å². The van der Waals surface area contributed by atoms with E-state index in [0.717, 1.165) is 17.5 Å². The van der Waals surface area contributed by atoms with Crippen molar-refractivity contribution in [3.05, 3.63) is 17.7 Å². The van der Waals surface area contributed by atoms with Crippen molar-refractivity contribution < 1.29 is 19.5 Å². The second-order valence-electron chi connectivity index (χ2n) is 4.65. The molecule has 2 amide bonds. The summed E-state index contributed by atoms with van der Waals surface area (Å²) in [5.41, 5.74) is 1.42. The van der Waals surface area contributed by atoms with E-state index in [1.807, 2.05) is 0 Å². The smallest absolute Gasteiger partial charge is 0.326 e. The number of aromatic nitrogens is 2. The monoisotopic (exact) mass is 296 g/mol. The summed E-state index contributed by atoms with van der Waals surface area (Å²) in [4.78, 5) is 43.2. The molecule has 2 atom stereocenters. The fraction of sp³-hybridized carbons (Fsp3) is 0.455. The normalized spacial score (nSPS) is 25.2. The minimum Gasteiger partial charge on any atom is -0.480 e. The average Bonchev–Trinajstić information content (AvgIpc) is 3.04. The van der Waals surface area contributed by atoms with Gasteiger partial charge in [-0.25, -0.2) is 9.78 Å². The van der Waals surface area contributed by atoms with E-state index in [1.54, 1.807) is 0 Å². The predicted octanol–water partition coefficient (Wildman–Crippen LogP) is -0.427. The first-order valence-electron chi connectivity index (χ1n) is 6.04. The van der Waals surface area contributed by atoms with Gasteiger partial charge >= 0.3 is 5.97 Å². The lowest BCUT2D eigenvalue weighted by Gasteiger charge is -2.33. The molecular formula is C11H12N4O4S. The van der Waals surface area contributed by atoms with E-state index in [4.69, 9.17) is 0 Å². The molecule has 0 aromatic carbocycles. The highest BCUT2D eigenvalue weighted by atomic mass is 32.2. The Kier molecular flexibility index (Phi) is 3.13. The third-order valence-corrected chi connectivity index (χ3v) is 4.32. The van der Waals surface area contributed by atoms with Gasteiger partial charge in [0.25, 0.3) is 5.24 Å². The largest absolute Gasteiger partial charge is 0.480 e. The summed E-state index contributed by atoms with van der Waals surface area (Å²) in [5.74, 6) is -1.10. The fourth-order valence-electron chi connectivity index (χ4n) is 2.41. The Hall–Kier alpha value is -2.03. The molecule has 1 fully saturated rings. The molecule has 2 aliphatic rings. The van der Waals surface area contributed by atoms with E-state index in [-0.39, 0.29) is 24.1 Å². The van der Waals surface area contributed by atoms with Crippen LogP contribution in [-0.2, 0) is 22.6 Å². The number of thioether (sulfide) groups is 1. The molecular weight excluding hydrogens is 284 g/mol. The molecule has 3 rings (SSSR count). The van der Waals surface area contributed by atoms with Crippen LogP contribution in [-0.4, -0.2) is 54.9 Å². The average molecular weight is 296 g/mol. The maximum Gasteiger partial charge on any atom is 0.326 e. The number of aromatic amines is 1. The summed E-state index contributed by atoms with van der Waals surface area (Å²) in [6.45, 7) is 0.169. The van der Waals surface area contributed by atoms with Crippen LogP contribution >= 0.6 is 11.8 Å². The Morgan fingerprint density at radius 1 is 1.50 bits per heavy atom. The van der Waals surface area contributed by atoms with Crippen molar-refractivity contribution in [3.8, 4) is 0 Å². The molecule has 1 saturated heterocycles. The zero-order valence-corrected chi connectivity index (χ0v) is 11.1. The van der Waals surface area contributed by atoms with E-state index in [2.05, 4.69) is 15.3 Å². The molecule has 9 heteroatoms. The van der Waals surface area contributed by atoms with Crippen LogP contribution < -0.4 is 5.32 Å². The molecule has 0 aliphatic carbocycles. The highest BCUT2D eigenvalue weighted by molar-refractivity contribution is 8.14. The summed E-state index contributed by atoms with van der Waals surface area (Å²) in [6.07, 6.45) is 1.67. The van der Waals surface area contributed by atoms with E-state index in [0.29, 0.717) is 11.4 Å². The minimum atomic E-state index is -1.07. The molecule has 0 radical (unpaired) electrons. The van der Waals surface area contributed by atoms with Crippen LogP contribution in [0.3, 0.4) is 0 Å². The number of nitrogens with one attached hydrogen (secondary N) is 2. The Morgan fingerprint density at radius 3 is 2.95 bits per heavy atom. The molecule has 2 aliphatic heterocycles. The van der Waals surface area contributed by atoms with Crippen LogP contribution in [0.5, 0.6) is 0 Å². The second kappa shape index (κ2) is 4.82. The summed E-state index contributed by atoms with van der Waals surface area (Å²) < 4.78 is 0. The third-order valence-electron chi connectivity index (χ3n) is 3.44. The predicted molar refractivity (Wildman–Crippen MR) is 69.0 cm³/mol. The fourth-order valence-corrected chi connectivity index (χ4v) is 3.18. The molecule has 20 heavy (non-hydrogen) atoms. The first kappa shape index (κ1) is 13.0. The minimum absolute atomic E-state index is 0.169. The first-order valence-corrected chi connectivity index (χ1v) is 7.02. The zero-order valence-electron chi connectivity index (χ0n) is 10.3. The van der Waals surface area contributed by atoms with Crippen LogP contribution in [0, 0.1) is 0 Å². The topological polar surface area (TPSA) is 115 Å². The number of imidazole rings is 1. The van der Waals surface area contributed by atoms with Crippen molar-refractivity contribution in [3.63, 3.8) is 0 Å². The highest BCUT2D eigenvalue weighted by Crippen LogP contribution is 2.23. The van der Waals surface area contributed by atoms with E-state index < -0.39 is 18.1 Å². The molecule has 106 valence electrons. The number of hydrogen-bond acceptors (Lipinski definition) is 5. The van der Waals surface area contributed by atoms with E-state index in [9.17, 15) is 19.5 Å². The van der Waals surface area contributed by atoms with Crippen molar-refractivity contribution in [2.24, 2.45) is 0 Å². The maximum absolute atomic E-state index is 12.4. The molecule has 3 heterocycles. The molecule has 3 N–H and O–H groups in total. The highest BCUT2D eigenvalue weighted by Gasteiger charge is 2.40. The number of carboxylic acid groups (broad SMARTS) is 1. The van der Waals surface area contributed by atoms with Crippen LogP contribution in [0.25, 0.3) is 0 Å². The number of hydrogen-bond donors (Lipinski definition) is 3. The Labute approximate surface area is 117 Å². The van der Waals surface area contributed by atoms with Crippen molar-refractivity contribution in [2.75, 3.05) is 5.75 Å². The Morgan fingerprint density at radius 2 is 2.30 bits per heavy atom. The maximum atomic E-state index is 12.4. The Balaban J connectivity index is 1.84. The second-order valence-corrected chi connectivity index (χ2v) is 5.64. The van der Waals surface area contributed by atoms with Gasteiger partial charge in [0.05, 0.1) is 24.3 Å². The van der Waals surface area contributed by atoms with Crippen molar-refractivity contribution >= 4 is 28.9 Å². The number of H-pyrrole nitrogens is 1. The van der Waals surface area contributed by atoms with Gasteiger partial charge in [-0.1, -0.05) is 11.8 Å².